The van der Waals surface area contributed by atoms with E-state index in [4.69, 9.17) is 0 Å². The van der Waals surface area contributed by atoms with Crippen LogP contribution in [0.1, 0.15) is 0 Å². The van der Waals surface area contributed by atoms with Crippen LogP contribution in [0, 0.1) is 0 Å². The molecule has 1 rings (SSSR count). The van der Waals surface area contributed by atoms with Crippen molar-refractivity contribution in [2.75, 3.05) is 0 Å². The normalized spacial score (nSPS) is 13.0. The highest BCUT2D eigenvalue weighted by molar-refractivity contribution is 14.1. The van der Waals surface area contributed by atoms with Gasteiger partial charge in [-0.15, -0.1) is 43.6 Å². The predicted molar refractivity (Wildman–Crippen MR) is 88.7 cm³/mol. The number of hydrogen-bond acceptors (Lipinski definition) is 0. The largest absolute Gasteiger partial charge is 0.149 e. The van der Waals surface area contributed by atoms with E-state index in [1.165, 1.54) is 0 Å². The Morgan fingerprint density at radius 2 is 1.07 bits per heavy atom. The van der Waals surface area contributed by atoms with Gasteiger partial charge in [-0.3, -0.25) is 0 Å². The summed E-state index contributed by atoms with van der Waals surface area (Å²) in [4.78, 5) is 0. The molecule has 1 aromatic carbocycles. The summed E-state index contributed by atoms with van der Waals surface area (Å²) >= 11 is 5.33. The molecule has 0 radical (unpaired) electrons. The fraction of sp³-hybridized carbons (Fsp3) is 0.400. The average molecular weight is 446 g/mol. The van der Waals surface area contributed by atoms with Gasteiger partial charge in [0.25, 0.3) is 0 Å². The van der Waals surface area contributed by atoms with E-state index in [1.54, 1.807) is 10.4 Å². The number of hydrogen-bond donors (Lipinski definition) is 0. The van der Waals surface area contributed by atoms with Gasteiger partial charge in [-0.1, -0.05) is 50.5 Å². The van der Waals surface area contributed by atoms with Gasteiger partial charge in [0.15, 0.2) is 0 Å². The lowest BCUT2D eigenvalue weighted by molar-refractivity contribution is 1.76. The molecular formula is C10H16I2Si2. The van der Waals surface area contributed by atoms with E-state index in [1.807, 2.05) is 0 Å². The molecule has 78 valence electrons. The first-order valence-electron chi connectivity index (χ1n) is 4.71. The van der Waals surface area contributed by atoms with Gasteiger partial charge >= 0.3 is 0 Å². The van der Waals surface area contributed by atoms with Crippen molar-refractivity contribution >= 4 is 65.1 Å². The Hall–Kier alpha value is 1.11. The Balaban J connectivity index is 3.31. The van der Waals surface area contributed by atoms with Crippen LogP contribution in [0.2, 0.25) is 26.2 Å². The Kier molecular flexibility index (Phi) is 4.28. The molecule has 0 fully saturated rings. The maximum atomic E-state index is 2.67. The van der Waals surface area contributed by atoms with E-state index in [-0.39, 0.29) is 0 Å². The van der Waals surface area contributed by atoms with Gasteiger partial charge in [-0.25, -0.2) is 0 Å². The molecule has 0 saturated carbocycles. The van der Waals surface area contributed by atoms with Crippen LogP contribution in [0.25, 0.3) is 0 Å². The minimum Gasteiger partial charge on any atom is -0.113 e. The molecule has 0 saturated heterocycles. The van der Waals surface area contributed by atoms with Crippen molar-refractivity contribution in [2.24, 2.45) is 0 Å². The minimum atomic E-state index is -1.19. The summed E-state index contributed by atoms with van der Waals surface area (Å²) in [5.41, 5.74) is -2.38. The summed E-state index contributed by atoms with van der Waals surface area (Å²) in [5, 5.41) is 3.29. The molecule has 1 aromatic rings. The van der Waals surface area contributed by atoms with Crippen LogP contribution in [-0.2, 0) is 0 Å². The molecule has 0 aliphatic rings. The molecule has 0 unspecified atom stereocenters. The van der Waals surface area contributed by atoms with E-state index in [0.717, 1.165) is 0 Å². The molecule has 0 aromatic heterocycles. The van der Waals surface area contributed by atoms with Crippen LogP contribution in [-0.4, -0.2) is 11.1 Å². The summed E-state index contributed by atoms with van der Waals surface area (Å²) in [7, 11) is 0. The second-order valence-corrected chi connectivity index (χ2v) is 27.6. The quantitative estimate of drug-likeness (QED) is 0.372. The molecule has 0 atom stereocenters. The third kappa shape index (κ3) is 3.31. The fourth-order valence-corrected chi connectivity index (χ4v) is 10.2. The van der Waals surface area contributed by atoms with Gasteiger partial charge in [0.2, 0.25) is 0 Å². The Morgan fingerprint density at radius 3 is 1.29 bits per heavy atom. The molecule has 0 nitrogen and oxygen atoms in total. The lowest BCUT2D eigenvalue weighted by Crippen LogP contribution is -2.53. The predicted octanol–water partition coefficient (Wildman–Crippen LogP) is 3.38. The lowest BCUT2D eigenvalue weighted by atomic mass is 10.4. The monoisotopic (exact) mass is 446 g/mol. The van der Waals surface area contributed by atoms with E-state index >= 15 is 0 Å². The zero-order chi connectivity index (χ0) is 11.0. The summed E-state index contributed by atoms with van der Waals surface area (Å²) < 4.78 is 0. The standard InChI is InChI=1S/C10H16I2Si2/c1-13(2,11)9-7-5-6-8-10(9)14(3,4)12/h5-8H,1-4H3. The van der Waals surface area contributed by atoms with Crippen molar-refractivity contribution in [1.29, 1.82) is 0 Å². The summed E-state index contributed by atoms with van der Waals surface area (Å²) in [5.74, 6) is 0. The molecule has 0 bridgehead atoms. The van der Waals surface area contributed by atoms with Gasteiger partial charge in [-0.2, -0.15) is 0 Å². The van der Waals surface area contributed by atoms with Crippen LogP contribution in [0.4, 0.5) is 0 Å². The smallest absolute Gasteiger partial charge is 0.113 e. The fourth-order valence-electron chi connectivity index (χ4n) is 1.52. The Bertz CT molecular complexity index is 291. The van der Waals surface area contributed by atoms with Crippen LogP contribution < -0.4 is 10.4 Å². The highest BCUT2D eigenvalue weighted by atomic mass is 127. The Labute approximate surface area is 114 Å². The minimum absolute atomic E-state index is 1.19. The third-order valence-electron chi connectivity index (χ3n) is 2.21. The molecule has 0 heterocycles. The average Bonchev–Trinajstić information content (AvgIpc) is 2.01. The van der Waals surface area contributed by atoms with E-state index in [0.29, 0.717) is 0 Å². The molecule has 0 aliphatic carbocycles. The van der Waals surface area contributed by atoms with Gasteiger partial charge in [-0.05, 0) is 10.4 Å². The summed E-state index contributed by atoms with van der Waals surface area (Å²) in [6, 6.07) is 9.04. The van der Waals surface area contributed by atoms with Gasteiger partial charge in [0.1, 0.15) is 11.1 Å². The van der Waals surface area contributed by atoms with E-state index < -0.39 is 11.1 Å². The maximum Gasteiger partial charge on any atom is 0.149 e. The van der Waals surface area contributed by atoms with E-state index in [2.05, 4.69) is 94.0 Å². The first-order valence-corrected chi connectivity index (χ1v) is 16.9. The molecule has 0 spiro atoms. The number of rotatable bonds is 2. The van der Waals surface area contributed by atoms with Crippen LogP contribution in [0.5, 0.6) is 0 Å². The molecule has 0 amide bonds. The van der Waals surface area contributed by atoms with Crippen LogP contribution in [0.15, 0.2) is 24.3 Å². The SMILES string of the molecule is C[Si](C)(I)c1ccccc1[Si](C)(C)I. The van der Waals surface area contributed by atoms with Crippen LogP contribution >= 0.6 is 43.6 Å². The first-order chi connectivity index (χ1) is 6.23. The zero-order valence-corrected chi connectivity index (χ0v) is 15.4. The summed E-state index contributed by atoms with van der Waals surface area (Å²) in [6.07, 6.45) is 0. The van der Waals surface area contributed by atoms with Crippen molar-refractivity contribution in [3.63, 3.8) is 0 Å². The number of benzene rings is 1. The molecule has 0 N–H and O–H groups in total. The molecule has 0 aliphatic heterocycles. The lowest BCUT2D eigenvalue weighted by Gasteiger charge is -2.24. The molecule has 4 heteroatoms. The van der Waals surface area contributed by atoms with Crippen molar-refractivity contribution in [3.05, 3.63) is 24.3 Å². The van der Waals surface area contributed by atoms with Crippen molar-refractivity contribution in [2.45, 2.75) is 26.2 Å². The van der Waals surface area contributed by atoms with Crippen molar-refractivity contribution in [3.8, 4) is 0 Å². The van der Waals surface area contributed by atoms with Crippen LogP contribution in [0.3, 0.4) is 0 Å². The third-order valence-corrected chi connectivity index (χ3v) is 9.38. The molecular weight excluding hydrogens is 430 g/mol. The van der Waals surface area contributed by atoms with Gasteiger partial charge in [0.05, 0.1) is 0 Å². The second kappa shape index (κ2) is 4.54. The number of halogens is 2. The topological polar surface area (TPSA) is 0 Å². The first kappa shape index (κ1) is 13.2. The highest BCUT2D eigenvalue weighted by Crippen LogP contribution is 2.16. The van der Waals surface area contributed by atoms with Gasteiger partial charge in [0, 0.05) is 0 Å². The van der Waals surface area contributed by atoms with Crippen molar-refractivity contribution < 1.29 is 0 Å². The summed E-state index contributed by atoms with van der Waals surface area (Å²) in [6.45, 7) is 9.68. The van der Waals surface area contributed by atoms with E-state index in [9.17, 15) is 0 Å². The van der Waals surface area contributed by atoms with Crippen molar-refractivity contribution in [1.82, 2.24) is 0 Å². The van der Waals surface area contributed by atoms with Gasteiger partial charge < -0.3 is 0 Å². The highest BCUT2D eigenvalue weighted by Gasteiger charge is 2.29. The Morgan fingerprint density at radius 1 is 0.786 bits per heavy atom. The molecule has 14 heavy (non-hydrogen) atoms. The second-order valence-electron chi connectivity index (χ2n) is 4.49. The maximum absolute atomic E-state index is 2.67. The zero-order valence-electron chi connectivity index (χ0n) is 9.07.